The Morgan fingerprint density at radius 2 is 2.11 bits per heavy atom. The molecule has 0 aliphatic heterocycles. The first kappa shape index (κ1) is 15.0. The molecule has 18 heavy (non-hydrogen) atoms. The van der Waals surface area contributed by atoms with E-state index < -0.39 is 6.10 Å². The number of benzene rings is 1. The molecule has 2 N–H and O–H groups in total. The molecule has 2 atom stereocenters. The molecule has 0 saturated carbocycles. The van der Waals surface area contributed by atoms with Gasteiger partial charge in [0.15, 0.2) is 0 Å². The van der Waals surface area contributed by atoms with Crippen LogP contribution in [-0.2, 0) is 0 Å². The van der Waals surface area contributed by atoms with Gasteiger partial charge in [-0.05, 0) is 30.5 Å². The molecule has 0 aliphatic rings. The van der Waals surface area contributed by atoms with E-state index in [1.54, 1.807) is 7.11 Å². The lowest BCUT2D eigenvalue weighted by atomic mass is 10.1. The molecule has 1 aromatic carbocycles. The quantitative estimate of drug-likeness (QED) is 0.746. The van der Waals surface area contributed by atoms with E-state index in [2.05, 4.69) is 19.2 Å². The Morgan fingerprint density at radius 1 is 1.33 bits per heavy atom. The van der Waals surface area contributed by atoms with Gasteiger partial charge in [-0.1, -0.05) is 32.4 Å². The summed E-state index contributed by atoms with van der Waals surface area (Å²) in [6.45, 7) is 4.94. The van der Waals surface area contributed by atoms with Crippen molar-refractivity contribution in [2.45, 2.75) is 45.3 Å². The maximum atomic E-state index is 10.1. The summed E-state index contributed by atoms with van der Waals surface area (Å²) in [5.41, 5.74) is 0.896. The highest BCUT2D eigenvalue weighted by Gasteiger charge is 2.11. The number of aliphatic hydroxyl groups excluding tert-OH is 1. The van der Waals surface area contributed by atoms with Crippen LogP contribution in [0.1, 0.15) is 44.8 Å². The molecule has 1 rings (SSSR count). The first-order valence-electron chi connectivity index (χ1n) is 6.76. The van der Waals surface area contributed by atoms with Gasteiger partial charge >= 0.3 is 0 Å². The molecular formula is C15H25NO2. The zero-order valence-electron chi connectivity index (χ0n) is 11.6. The van der Waals surface area contributed by atoms with Crippen molar-refractivity contribution in [1.82, 2.24) is 5.32 Å². The second-order valence-corrected chi connectivity index (χ2v) is 4.59. The van der Waals surface area contributed by atoms with Gasteiger partial charge in [-0.15, -0.1) is 0 Å². The molecule has 3 nitrogen and oxygen atoms in total. The van der Waals surface area contributed by atoms with Crippen LogP contribution in [0, 0.1) is 0 Å². The van der Waals surface area contributed by atoms with Gasteiger partial charge in [0, 0.05) is 12.6 Å². The van der Waals surface area contributed by atoms with Gasteiger partial charge in [-0.3, -0.25) is 0 Å². The van der Waals surface area contributed by atoms with Crippen LogP contribution in [0.4, 0.5) is 0 Å². The highest BCUT2D eigenvalue weighted by atomic mass is 16.5. The molecule has 102 valence electrons. The first-order chi connectivity index (χ1) is 8.71. The Kier molecular flexibility index (Phi) is 6.76. The molecule has 0 fully saturated rings. The molecule has 0 radical (unpaired) electrons. The number of aliphatic hydroxyl groups is 1. The van der Waals surface area contributed by atoms with E-state index in [9.17, 15) is 5.11 Å². The van der Waals surface area contributed by atoms with E-state index >= 15 is 0 Å². The fourth-order valence-electron chi connectivity index (χ4n) is 2.04. The number of nitrogens with one attached hydrogen (secondary N) is 1. The summed E-state index contributed by atoms with van der Waals surface area (Å²) in [4.78, 5) is 0. The predicted octanol–water partition coefficient (Wildman–Crippen LogP) is 2.90. The van der Waals surface area contributed by atoms with Crippen molar-refractivity contribution >= 4 is 0 Å². The Morgan fingerprint density at radius 3 is 2.72 bits per heavy atom. The van der Waals surface area contributed by atoms with Crippen LogP contribution in [0.15, 0.2) is 24.3 Å². The lowest BCUT2D eigenvalue weighted by Crippen LogP contribution is -2.32. The number of hydrogen-bond donors (Lipinski definition) is 2. The van der Waals surface area contributed by atoms with Gasteiger partial charge < -0.3 is 15.2 Å². The standard InChI is InChI=1S/C15H25NO2/c1-4-7-13(5-2)16-11-15(17)12-8-6-9-14(10-12)18-3/h6,8-10,13,15-17H,4-5,7,11H2,1-3H3. The second kappa shape index (κ2) is 8.11. The Labute approximate surface area is 110 Å². The SMILES string of the molecule is CCCC(CC)NCC(O)c1cccc(OC)c1. The maximum Gasteiger partial charge on any atom is 0.119 e. The molecule has 0 aliphatic carbocycles. The van der Waals surface area contributed by atoms with Crippen LogP contribution >= 0.6 is 0 Å². The fourth-order valence-corrected chi connectivity index (χ4v) is 2.04. The van der Waals surface area contributed by atoms with Crippen LogP contribution in [0.25, 0.3) is 0 Å². The lowest BCUT2D eigenvalue weighted by Gasteiger charge is -2.19. The second-order valence-electron chi connectivity index (χ2n) is 4.59. The topological polar surface area (TPSA) is 41.5 Å². The first-order valence-corrected chi connectivity index (χ1v) is 6.76. The van der Waals surface area contributed by atoms with Crippen molar-refractivity contribution in [1.29, 1.82) is 0 Å². The molecule has 1 aromatic rings. The molecule has 0 heterocycles. The van der Waals surface area contributed by atoms with Gasteiger partial charge in [0.1, 0.15) is 5.75 Å². The summed E-state index contributed by atoms with van der Waals surface area (Å²) in [5, 5.41) is 13.6. The zero-order valence-corrected chi connectivity index (χ0v) is 11.6. The van der Waals surface area contributed by atoms with Crippen LogP contribution in [0.5, 0.6) is 5.75 Å². The molecular weight excluding hydrogens is 226 g/mol. The number of hydrogen-bond acceptors (Lipinski definition) is 3. The summed E-state index contributed by atoms with van der Waals surface area (Å²) in [7, 11) is 1.64. The normalized spacial score (nSPS) is 14.2. The predicted molar refractivity (Wildman–Crippen MR) is 74.9 cm³/mol. The minimum absolute atomic E-state index is 0.481. The summed E-state index contributed by atoms with van der Waals surface area (Å²) in [6.07, 6.45) is 2.94. The summed E-state index contributed by atoms with van der Waals surface area (Å²) in [6, 6.07) is 8.09. The summed E-state index contributed by atoms with van der Waals surface area (Å²) < 4.78 is 5.16. The van der Waals surface area contributed by atoms with E-state index in [4.69, 9.17) is 4.74 Å². The third-order valence-corrected chi connectivity index (χ3v) is 3.21. The highest BCUT2D eigenvalue weighted by molar-refractivity contribution is 5.29. The van der Waals surface area contributed by atoms with Crippen molar-refractivity contribution in [3.05, 3.63) is 29.8 Å². The van der Waals surface area contributed by atoms with Crippen molar-refractivity contribution in [3.8, 4) is 5.75 Å². The van der Waals surface area contributed by atoms with E-state index in [0.29, 0.717) is 12.6 Å². The monoisotopic (exact) mass is 251 g/mol. The molecule has 0 amide bonds. The Balaban J connectivity index is 2.50. The summed E-state index contributed by atoms with van der Waals surface area (Å²) in [5.74, 6) is 0.784. The van der Waals surface area contributed by atoms with Crippen LogP contribution in [0.3, 0.4) is 0 Å². The third kappa shape index (κ3) is 4.67. The maximum absolute atomic E-state index is 10.1. The average Bonchev–Trinajstić information content (AvgIpc) is 2.43. The molecule has 0 saturated heterocycles. The number of methoxy groups -OCH3 is 1. The fraction of sp³-hybridized carbons (Fsp3) is 0.600. The van der Waals surface area contributed by atoms with E-state index in [0.717, 1.165) is 24.2 Å². The molecule has 0 bridgehead atoms. The van der Waals surface area contributed by atoms with Crippen LogP contribution in [-0.4, -0.2) is 24.8 Å². The van der Waals surface area contributed by atoms with Gasteiger partial charge in [0.25, 0.3) is 0 Å². The van der Waals surface area contributed by atoms with Gasteiger partial charge in [0.05, 0.1) is 13.2 Å². The van der Waals surface area contributed by atoms with Crippen molar-refractivity contribution in [2.75, 3.05) is 13.7 Å². The minimum atomic E-state index is -0.481. The molecule has 2 unspecified atom stereocenters. The highest BCUT2D eigenvalue weighted by Crippen LogP contribution is 2.18. The minimum Gasteiger partial charge on any atom is -0.497 e. The van der Waals surface area contributed by atoms with Crippen LogP contribution < -0.4 is 10.1 Å². The van der Waals surface area contributed by atoms with E-state index in [-0.39, 0.29) is 0 Å². The van der Waals surface area contributed by atoms with Gasteiger partial charge in [-0.25, -0.2) is 0 Å². The Bertz CT molecular complexity index is 341. The Hall–Kier alpha value is -1.06. The average molecular weight is 251 g/mol. The smallest absolute Gasteiger partial charge is 0.119 e. The van der Waals surface area contributed by atoms with Crippen molar-refractivity contribution in [2.24, 2.45) is 0 Å². The molecule has 3 heteroatoms. The van der Waals surface area contributed by atoms with E-state index in [1.165, 1.54) is 6.42 Å². The lowest BCUT2D eigenvalue weighted by molar-refractivity contribution is 0.168. The van der Waals surface area contributed by atoms with E-state index in [1.807, 2.05) is 24.3 Å². The van der Waals surface area contributed by atoms with Gasteiger partial charge in [-0.2, -0.15) is 0 Å². The van der Waals surface area contributed by atoms with Crippen LogP contribution in [0.2, 0.25) is 0 Å². The molecule has 0 spiro atoms. The number of ether oxygens (including phenoxy) is 1. The number of rotatable bonds is 8. The summed E-state index contributed by atoms with van der Waals surface area (Å²) >= 11 is 0. The van der Waals surface area contributed by atoms with Crippen molar-refractivity contribution in [3.63, 3.8) is 0 Å². The third-order valence-electron chi connectivity index (χ3n) is 3.21. The molecule has 0 aromatic heterocycles. The van der Waals surface area contributed by atoms with Gasteiger partial charge in [0.2, 0.25) is 0 Å². The zero-order chi connectivity index (χ0) is 13.4. The largest absolute Gasteiger partial charge is 0.497 e. The van der Waals surface area contributed by atoms with Crippen molar-refractivity contribution < 1.29 is 9.84 Å².